The zero-order valence-corrected chi connectivity index (χ0v) is 39.3. The third-order valence-corrected chi connectivity index (χ3v) is 12.5. The Hall–Kier alpha value is -5.37. The predicted molar refractivity (Wildman–Crippen MR) is 251 cm³/mol. The van der Waals surface area contributed by atoms with Crippen LogP contribution in [0.15, 0.2) is 104 Å². The van der Waals surface area contributed by atoms with Crippen LogP contribution >= 0.6 is 34.9 Å². The van der Waals surface area contributed by atoms with Crippen LogP contribution < -0.4 is 5.10 Å². The number of carboxylic acids is 1. The number of alkyl halides is 3. The van der Waals surface area contributed by atoms with Crippen LogP contribution in [0, 0.1) is 0 Å². The summed E-state index contributed by atoms with van der Waals surface area (Å²) in [4.78, 5) is 30.9. The fourth-order valence-corrected chi connectivity index (χ4v) is 9.41. The number of aromatic carboxylic acids is 1. The van der Waals surface area contributed by atoms with E-state index in [4.69, 9.17) is 10.5 Å². The van der Waals surface area contributed by atoms with Gasteiger partial charge in [0.2, 0.25) is 0 Å². The van der Waals surface area contributed by atoms with Gasteiger partial charge in [-0.25, -0.2) is 9.78 Å². The molecule has 0 bridgehead atoms. The van der Waals surface area contributed by atoms with E-state index in [0.717, 1.165) is 47.2 Å². The number of rotatable bonds is 15. The number of unbranched alkanes of at least 4 members (excludes halogenated alkanes) is 6. The average Bonchev–Trinajstić information content (AvgIpc) is 4.04. The molecule has 0 saturated carbocycles. The van der Waals surface area contributed by atoms with E-state index in [2.05, 4.69) is 74.4 Å². The summed E-state index contributed by atoms with van der Waals surface area (Å²) < 4.78 is 41.9. The van der Waals surface area contributed by atoms with Crippen molar-refractivity contribution in [2.75, 3.05) is 0 Å². The van der Waals surface area contributed by atoms with Crippen LogP contribution in [0.2, 0.25) is 0 Å². The molecule has 0 fully saturated rings. The molecule has 0 aliphatic carbocycles. The molecule has 0 radical (unpaired) electrons. The van der Waals surface area contributed by atoms with Gasteiger partial charge in [-0.1, -0.05) is 82.4 Å². The standard InChI is InChI=1S/C31H33F3N3S2.C16H11N3O2.CNS.Ru/c1-3-5-7-9-11-22-15-21-17-28-24(18-27(21)38-22)23(12-10-8-6-4-2)30(39-28)20-13-14-35-25(16-20)26-19-29(37-36-26)31(32,33)34;20-16(21)11-7-9-18-15(10-11)14-6-3-5-13(19-14)12-4-1-2-8-17-12;2-1-3;/h13-19H,3-12H2,1-2H3;1-10H,(H,20,21);;/q-1;;-1;+2. The molecule has 16 heteroatoms. The number of carbonyl (C=O) groups is 1. The summed E-state index contributed by atoms with van der Waals surface area (Å²) in [6.45, 7) is 4.46. The number of nitrogens with zero attached hydrogens (tertiary/aromatic N) is 7. The quantitative estimate of drug-likeness (QED) is 0.0460. The molecule has 8 rings (SSSR count). The first kappa shape index (κ1) is 49.6. The first-order valence-corrected chi connectivity index (χ1v) is 22.7. The van der Waals surface area contributed by atoms with Crippen molar-refractivity contribution in [3.05, 3.63) is 131 Å². The molecule has 64 heavy (non-hydrogen) atoms. The molecule has 0 aliphatic heterocycles. The number of carboxylic acid groups (broad SMARTS) is 1. The maximum Gasteiger partial charge on any atom is 2.00 e. The Balaban J connectivity index is 0.000000259. The third kappa shape index (κ3) is 13.1. The van der Waals surface area contributed by atoms with E-state index in [-0.39, 0.29) is 30.7 Å². The minimum Gasteiger partial charge on any atom is -0.753 e. The monoisotopic (exact) mass is 1010 g/mol. The molecule has 7 heterocycles. The summed E-state index contributed by atoms with van der Waals surface area (Å²) in [7, 11) is 0. The van der Waals surface area contributed by atoms with Crippen LogP contribution in [0.3, 0.4) is 0 Å². The van der Waals surface area contributed by atoms with Crippen molar-refractivity contribution in [1.82, 2.24) is 30.1 Å². The van der Waals surface area contributed by atoms with Gasteiger partial charge < -0.3 is 20.7 Å². The molecule has 0 amide bonds. The molecule has 9 nitrogen and oxygen atoms in total. The maximum absolute atomic E-state index is 13.1. The topological polar surface area (TPSA) is 138 Å². The maximum atomic E-state index is 13.1. The number of aryl methyl sites for hydroxylation is 2. The number of thiocarbonyl (C=S) groups is 1. The molecular formula is C48H44F3N7O2RuS3. The van der Waals surface area contributed by atoms with Crippen LogP contribution in [0.25, 0.3) is 70.2 Å². The van der Waals surface area contributed by atoms with Crippen LogP contribution in [0.5, 0.6) is 0 Å². The largest absolute Gasteiger partial charge is 2.00 e. The average molecular weight is 1010 g/mol. The zero-order chi connectivity index (χ0) is 44.8. The molecule has 0 unspecified atom stereocenters. The molecule has 0 spiro atoms. The third-order valence-electron chi connectivity index (χ3n) is 10.1. The van der Waals surface area contributed by atoms with Crippen molar-refractivity contribution < 1.29 is 42.6 Å². The van der Waals surface area contributed by atoms with Gasteiger partial charge in [0, 0.05) is 37.7 Å². The van der Waals surface area contributed by atoms with E-state index >= 15 is 0 Å². The fourth-order valence-electron chi connectivity index (χ4n) is 7.00. The first-order chi connectivity index (χ1) is 30.5. The Kier molecular flexibility index (Phi) is 18.7. The fraction of sp³-hybridized carbons (Fsp3) is 0.271. The van der Waals surface area contributed by atoms with Crippen LogP contribution in [0.1, 0.15) is 91.7 Å². The van der Waals surface area contributed by atoms with Crippen LogP contribution in [-0.4, -0.2) is 41.3 Å². The second-order valence-corrected chi connectivity index (χ2v) is 17.0. The zero-order valence-electron chi connectivity index (χ0n) is 35.1. The number of pyridine rings is 4. The molecular weight excluding hydrogens is 961 g/mol. The minimum absolute atomic E-state index is 0. The summed E-state index contributed by atoms with van der Waals surface area (Å²) in [6.07, 6.45) is 12.2. The Morgan fingerprint density at radius 2 is 1.42 bits per heavy atom. The number of thiophene rings is 2. The number of isothiocyanates is 1. The van der Waals surface area contributed by atoms with Gasteiger partial charge in [-0.3, -0.25) is 15.0 Å². The summed E-state index contributed by atoms with van der Waals surface area (Å²) in [6, 6.07) is 25.8. The molecule has 1 aromatic carbocycles. The summed E-state index contributed by atoms with van der Waals surface area (Å²) >= 11 is 7.37. The second-order valence-electron chi connectivity index (χ2n) is 14.6. The summed E-state index contributed by atoms with van der Waals surface area (Å²) in [5, 5.41) is 27.2. The summed E-state index contributed by atoms with van der Waals surface area (Å²) in [5.74, 6) is -0.987. The number of aromatic nitrogens is 6. The van der Waals surface area contributed by atoms with Crippen molar-refractivity contribution in [1.29, 1.82) is 0 Å². The summed E-state index contributed by atoms with van der Waals surface area (Å²) in [5.41, 5.74) is 4.63. The normalized spacial score (nSPS) is 11.0. The van der Waals surface area contributed by atoms with Crippen molar-refractivity contribution in [3.63, 3.8) is 0 Å². The van der Waals surface area contributed by atoms with Crippen molar-refractivity contribution >= 4 is 66.2 Å². The van der Waals surface area contributed by atoms with Gasteiger partial charge in [0.05, 0.1) is 34.0 Å². The smallest absolute Gasteiger partial charge is 0.753 e. The molecule has 0 atom stereocenters. The molecule has 0 saturated heterocycles. The van der Waals surface area contributed by atoms with E-state index in [1.54, 1.807) is 29.8 Å². The van der Waals surface area contributed by atoms with Crippen molar-refractivity contribution in [3.8, 4) is 44.6 Å². The molecule has 0 aliphatic rings. The van der Waals surface area contributed by atoms with Gasteiger partial charge >= 0.3 is 31.6 Å². The molecule has 7 aromatic heterocycles. The predicted octanol–water partition coefficient (Wildman–Crippen LogP) is 14.0. The van der Waals surface area contributed by atoms with Gasteiger partial charge in [-0.2, -0.15) is 18.3 Å². The first-order valence-electron chi connectivity index (χ1n) is 20.6. The Bertz CT molecular complexity index is 2800. The SMILES string of the molecule is CCCCCCc1cc2cc3sc(-c4ccnc(-c5cc(C(F)(F)F)n[n-]5)c4)c(CCCCCC)c3cc2s1.O=C(O)c1ccnc(-c2cccc(-c3ccccn3)n2)c1.[N-]=C=S.[Ru+2]. The number of hydrogen-bond acceptors (Lipinski definition) is 9. The Labute approximate surface area is 396 Å². The van der Waals surface area contributed by atoms with E-state index in [1.165, 1.54) is 99.0 Å². The number of fused-ring (bicyclic) bond motifs is 2. The van der Waals surface area contributed by atoms with Crippen molar-refractivity contribution in [2.45, 2.75) is 84.2 Å². The van der Waals surface area contributed by atoms with Gasteiger partial charge in [0.15, 0.2) is 0 Å². The van der Waals surface area contributed by atoms with Gasteiger partial charge in [-0.05, 0) is 120 Å². The van der Waals surface area contributed by atoms with E-state index in [0.29, 0.717) is 17.1 Å². The number of halogens is 3. The second kappa shape index (κ2) is 24.1. The van der Waals surface area contributed by atoms with E-state index in [1.807, 2.05) is 53.8 Å². The van der Waals surface area contributed by atoms with Gasteiger partial charge in [-0.15, -0.1) is 22.7 Å². The van der Waals surface area contributed by atoms with Gasteiger partial charge in [0.25, 0.3) is 0 Å². The molecule has 330 valence electrons. The molecule has 8 aromatic rings. The Morgan fingerprint density at radius 3 is 2.09 bits per heavy atom. The number of benzene rings is 1. The van der Waals surface area contributed by atoms with Crippen molar-refractivity contribution in [2.24, 2.45) is 0 Å². The Morgan fingerprint density at radius 1 is 0.750 bits per heavy atom. The van der Waals surface area contributed by atoms with Crippen LogP contribution in [0.4, 0.5) is 13.2 Å². The van der Waals surface area contributed by atoms with E-state index in [9.17, 15) is 18.0 Å². The molecule has 1 N–H and O–H groups in total. The minimum atomic E-state index is -4.53. The van der Waals surface area contributed by atoms with E-state index < -0.39 is 17.8 Å². The van der Waals surface area contributed by atoms with Crippen LogP contribution in [-0.2, 0) is 38.5 Å². The number of hydrogen-bond donors (Lipinski definition) is 1. The van der Waals surface area contributed by atoms with Gasteiger partial charge in [0.1, 0.15) is 5.69 Å².